The monoisotopic (exact) mass is 383 g/mol. The van der Waals surface area contributed by atoms with Crippen LogP contribution >= 0.6 is 15.9 Å². The molecule has 1 amide bonds. The summed E-state index contributed by atoms with van der Waals surface area (Å²) in [6.45, 7) is 0.700. The SMILES string of the molecule is N#C/C(=C/NCCCc1ccccc1)C(=O)Nc1ccc(Br)cc1. The number of benzene rings is 2. The van der Waals surface area contributed by atoms with Gasteiger partial charge in [0.2, 0.25) is 0 Å². The molecule has 0 aromatic heterocycles. The van der Waals surface area contributed by atoms with Crippen molar-refractivity contribution in [2.24, 2.45) is 0 Å². The second kappa shape index (κ2) is 9.53. The van der Waals surface area contributed by atoms with Crippen molar-refractivity contribution in [2.75, 3.05) is 11.9 Å². The smallest absolute Gasteiger partial charge is 0.267 e. The van der Waals surface area contributed by atoms with Crippen LogP contribution in [0.15, 0.2) is 70.8 Å². The Labute approximate surface area is 150 Å². The average Bonchev–Trinajstić information content (AvgIpc) is 2.61. The Hall–Kier alpha value is -2.58. The van der Waals surface area contributed by atoms with Crippen molar-refractivity contribution in [3.05, 3.63) is 76.4 Å². The van der Waals surface area contributed by atoms with Crippen molar-refractivity contribution in [2.45, 2.75) is 12.8 Å². The predicted molar refractivity (Wildman–Crippen MR) is 99.2 cm³/mol. The van der Waals surface area contributed by atoms with Gasteiger partial charge in [-0.3, -0.25) is 4.79 Å². The first kappa shape index (κ1) is 17.8. The number of hydrogen-bond donors (Lipinski definition) is 2. The lowest BCUT2D eigenvalue weighted by atomic mass is 10.1. The maximum atomic E-state index is 12.1. The summed E-state index contributed by atoms with van der Waals surface area (Å²) in [5, 5.41) is 14.9. The van der Waals surface area contributed by atoms with Gasteiger partial charge in [-0.1, -0.05) is 46.3 Å². The second-order valence-electron chi connectivity index (χ2n) is 5.17. The molecular weight excluding hydrogens is 366 g/mol. The fourth-order valence-corrected chi connectivity index (χ4v) is 2.36. The molecule has 2 N–H and O–H groups in total. The van der Waals surface area contributed by atoms with Crippen molar-refractivity contribution in [1.82, 2.24) is 5.32 Å². The van der Waals surface area contributed by atoms with Crippen LogP contribution in [0.4, 0.5) is 5.69 Å². The van der Waals surface area contributed by atoms with E-state index >= 15 is 0 Å². The highest BCUT2D eigenvalue weighted by molar-refractivity contribution is 9.10. The van der Waals surface area contributed by atoms with E-state index in [0.717, 1.165) is 17.3 Å². The molecule has 122 valence electrons. The molecule has 0 aliphatic rings. The van der Waals surface area contributed by atoms with E-state index in [1.807, 2.05) is 36.4 Å². The largest absolute Gasteiger partial charge is 0.390 e. The number of carbonyl (C=O) groups excluding carboxylic acids is 1. The molecule has 0 unspecified atom stereocenters. The van der Waals surface area contributed by atoms with E-state index in [1.54, 1.807) is 12.1 Å². The van der Waals surface area contributed by atoms with E-state index in [9.17, 15) is 4.79 Å². The van der Waals surface area contributed by atoms with Crippen molar-refractivity contribution < 1.29 is 4.79 Å². The summed E-state index contributed by atoms with van der Waals surface area (Å²) in [5.41, 5.74) is 1.97. The summed E-state index contributed by atoms with van der Waals surface area (Å²) in [7, 11) is 0. The lowest BCUT2D eigenvalue weighted by molar-refractivity contribution is -0.112. The van der Waals surface area contributed by atoms with E-state index in [0.29, 0.717) is 12.2 Å². The van der Waals surface area contributed by atoms with Crippen LogP contribution in [0.5, 0.6) is 0 Å². The second-order valence-corrected chi connectivity index (χ2v) is 6.09. The highest BCUT2D eigenvalue weighted by Crippen LogP contribution is 2.14. The molecule has 0 atom stereocenters. The third kappa shape index (κ3) is 5.90. The van der Waals surface area contributed by atoms with Gasteiger partial charge in [-0.25, -0.2) is 0 Å². The van der Waals surface area contributed by atoms with Gasteiger partial charge in [-0.05, 0) is 42.7 Å². The molecule has 24 heavy (non-hydrogen) atoms. The lowest BCUT2D eigenvalue weighted by Gasteiger charge is -2.05. The first-order chi connectivity index (χ1) is 11.7. The molecule has 0 aliphatic carbocycles. The molecule has 0 saturated heterocycles. The Bertz CT molecular complexity index is 733. The molecule has 0 heterocycles. The van der Waals surface area contributed by atoms with Crippen LogP contribution in [0.1, 0.15) is 12.0 Å². The first-order valence-corrected chi connectivity index (χ1v) is 8.43. The van der Waals surface area contributed by atoms with Gasteiger partial charge in [0.1, 0.15) is 11.6 Å². The maximum absolute atomic E-state index is 12.1. The van der Waals surface area contributed by atoms with Crippen LogP contribution in [0.2, 0.25) is 0 Å². The lowest BCUT2D eigenvalue weighted by Crippen LogP contribution is -2.17. The molecule has 2 aromatic carbocycles. The topological polar surface area (TPSA) is 64.9 Å². The third-order valence-corrected chi connectivity index (χ3v) is 3.87. The molecule has 5 heteroatoms. The Balaban J connectivity index is 1.79. The first-order valence-electron chi connectivity index (χ1n) is 7.63. The zero-order valence-electron chi connectivity index (χ0n) is 13.1. The van der Waals surface area contributed by atoms with E-state index in [2.05, 4.69) is 38.7 Å². The number of nitriles is 1. The van der Waals surface area contributed by atoms with Gasteiger partial charge in [-0.15, -0.1) is 0 Å². The number of halogens is 1. The quantitative estimate of drug-likeness (QED) is 0.431. The summed E-state index contributed by atoms with van der Waals surface area (Å²) in [6.07, 6.45) is 3.35. The van der Waals surface area contributed by atoms with E-state index in [4.69, 9.17) is 5.26 Å². The number of aryl methyl sites for hydroxylation is 1. The summed E-state index contributed by atoms with van der Waals surface area (Å²) < 4.78 is 0.927. The van der Waals surface area contributed by atoms with Crippen molar-refractivity contribution in [3.63, 3.8) is 0 Å². The number of anilines is 1. The zero-order valence-corrected chi connectivity index (χ0v) is 14.7. The highest BCUT2D eigenvalue weighted by Gasteiger charge is 2.08. The molecule has 0 spiro atoms. The van der Waals surface area contributed by atoms with Crippen molar-refractivity contribution in [1.29, 1.82) is 5.26 Å². The minimum atomic E-state index is -0.421. The number of hydrogen-bond acceptors (Lipinski definition) is 3. The van der Waals surface area contributed by atoms with E-state index in [-0.39, 0.29) is 5.57 Å². The van der Waals surface area contributed by atoms with Crippen LogP contribution in [-0.2, 0) is 11.2 Å². The number of rotatable bonds is 7. The van der Waals surface area contributed by atoms with Crippen LogP contribution in [0.25, 0.3) is 0 Å². The predicted octanol–water partition coefficient (Wildman–Crippen LogP) is 4.02. The molecule has 0 fully saturated rings. The van der Waals surface area contributed by atoms with Gasteiger partial charge >= 0.3 is 0 Å². The Morgan fingerprint density at radius 3 is 2.50 bits per heavy atom. The van der Waals surface area contributed by atoms with Gasteiger partial charge < -0.3 is 10.6 Å². The van der Waals surface area contributed by atoms with Crippen LogP contribution in [0.3, 0.4) is 0 Å². The van der Waals surface area contributed by atoms with Gasteiger partial charge in [-0.2, -0.15) is 5.26 Å². The standard InChI is InChI=1S/C19H18BrN3O/c20-17-8-10-18(11-9-17)23-19(24)16(13-21)14-22-12-4-7-15-5-2-1-3-6-15/h1-3,5-6,8-11,14,22H,4,7,12H2,(H,23,24)/b16-14-. The molecule has 0 radical (unpaired) electrons. The number of carbonyl (C=O) groups is 1. The fourth-order valence-electron chi connectivity index (χ4n) is 2.09. The molecule has 4 nitrogen and oxygen atoms in total. The number of amides is 1. The minimum absolute atomic E-state index is 0.0534. The summed E-state index contributed by atoms with van der Waals surface area (Å²) in [6, 6.07) is 19.3. The normalized spacial score (nSPS) is 10.8. The molecule has 2 rings (SSSR count). The number of nitrogens with zero attached hydrogens (tertiary/aromatic N) is 1. The minimum Gasteiger partial charge on any atom is -0.390 e. The zero-order chi connectivity index (χ0) is 17.2. The highest BCUT2D eigenvalue weighted by atomic mass is 79.9. The van der Waals surface area contributed by atoms with Crippen molar-refractivity contribution >= 4 is 27.5 Å². The Morgan fingerprint density at radius 2 is 1.83 bits per heavy atom. The molecule has 0 aliphatic heterocycles. The van der Waals surface area contributed by atoms with Crippen LogP contribution in [0, 0.1) is 11.3 Å². The fraction of sp³-hybridized carbons (Fsp3) is 0.158. The van der Waals surface area contributed by atoms with Crippen molar-refractivity contribution in [3.8, 4) is 6.07 Å². The van der Waals surface area contributed by atoms with Crippen LogP contribution < -0.4 is 10.6 Å². The van der Waals surface area contributed by atoms with Gasteiger partial charge in [0.25, 0.3) is 5.91 Å². The Morgan fingerprint density at radius 1 is 1.12 bits per heavy atom. The Kier molecular flexibility index (Phi) is 7.06. The van der Waals surface area contributed by atoms with Crippen LogP contribution in [-0.4, -0.2) is 12.5 Å². The van der Waals surface area contributed by atoms with E-state index in [1.165, 1.54) is 11.8 Å². The maximum Gasteiger partial charge on any atom is 0.267 e. The van der Waals surface area contributed by atoms with E-state index < -0.39 is 5.91 Å². The molecular formula is C19H18BrN3O. The summed E-state index contributed by atoms with van der Waals surface area (Å²) >= 11 is 3.33. The number of nitrogens with one attached hydrogen (secondary N) is 2. The molecule has 2 aromatic rings. The summed E-state index contributed by atoms with van der Waals surface area (Å²) in [5.74, 6) is -0.421. The summed E-state index contributed by atoms with van der Waals surface area (Å²) in [4.78, 5) is 12.1. The average molecular weight is 384 g/mol. The van der Waals surface area contributed by atoms with Gasteiger partial charge in [0.05, 0.1) is 0 Å². The molecule has 0 bridgehead atoms. The molecule has 0 saturated carbocycles. The van der Waals surface area contributed by atoms with Gasteiger partial charge in [0, 0.05) is 22.9 Å². The van der Waals surface area contributed by atoms with Gasteiger partial charge in [0.15, 0.2) is 0 Å². The third-order valence-electron chi connectivity index (χ3n) is 3.34.